The summed E-state index contributed by atoms with van der Waals surface area (Å²) in [4.78, 5) is 34.4. The predicted octanol–water partition coefficient (Wildman–Crippen LogP) is 2.42. The SMILES string of the molecule is COc1cc(NC(=O)COC(=O)c2ccc(OC)c([N+](=O)[O-])c2)cc(OC)c1. The van der Waals surface area contributed by atoms with Crippen LogP contribution in [0.25, 0.3) is 0 Å². The number of nitro groups is 1. The number of carbonyl (C=O) groups is 2. The van der Waals surface area contributed by atoms with Gasteiger partial charge in [0.05, 0.1) is 31.8 Å². The molecule has 0 aromatic heterocycles. The van der Waals surface area contributed by atoms with Gasteiger partial charge in [0, 0.05) is 30.0 Å². The van der Waals surface area contributed by atoms with E-state index in [-0.39, 0.29) is 17.0 Å². The Hall–Kier alpha value is -3.82. The lowest BCUT2D eigenvalue weighted by atomic mass is 10.2. The smallest absolute Gasteiger partial charge is 0.338 e. The molecule has 10 heteroatoms. The van der Waals surface area contributed by atoms with Crippen molar-refractivity contribution in [2.24, 2.45) is 0 Å². The summed E-state index contributed by atoms with van der Waals surface area (Å²) in [7, 11) is 4.21. The molecule has 0 aliphatic rings. The number of ether oxygens (including phenoxy) is 4. The van der Waals surface area contributed by atoms with E-state index in [9.17, 15) is 19.7 Å². The van der Waals surface area contributed by atoms with Crippen LogP contribution >= 0.6 is 0 Å². The van der Waals surface area contributed by atoms with Gasteiger partial charge in [-0.3, -0.25) is 14.9 Å². The maximum absolute atomic E-state index is 12.1. The molecule has 0 bridgehead atoms. The first-order valence-electron chi connectivity index (χ1n) is 7.90. The van der Waals surface area contributed by atoms with Crippen molar-refractivity contribution in [3.05, 3.63) is 52.1 Å². The van der Waals surface area contributed by atoms with Crippen LogP contribution < -0.4 is 19.5 Å². The van der Waals surface area contributed by atoms with Crippen LogP contribution in [0.2, 0.25) is 0 Å². The second kappa shape index (κ2) is 9.21. The Morgan fingerprint density at radius 1 is 1.00 bits per heavy atom. The predicted molar refractivity (Wildman–Crippen MR) is 98.1 cm³/mol. The van der Waals surface area contributed by atoms with Crippen molar-refractivity contribution < 1.29 is 33.5 Å². The minimum Gasteiger partial charge on any atom is -0.497 e. The van der Waals surface area contributed by atoms with E-state index < -0.39 is 23.4 Å². The van der Waals surface area contributed by atoms with E-state index in [2.05, 4.69) is 5.32 Å². The second-order valence-electron chi connectivity index (χ2n) is 5.37. The summed E-state index contributed by atoms with van der Waals surface area (Å²) in [6.45, 7) is -0.585. The van der Waals surface area contributed by atoms with Crippen molar-refractivity contribution in [1.82, 2.24) is 0 Å². The maximum atomic E-state index is 12.1. The van der Waals surface area contributed by atoms with Crippen molar-refractivity contribution in [3.8, 4) is 17.2 Å². The summed E-state index contributed by atoms with van der Waals surface area (Å²) in [6, 6.07) is 8.36. The van der Waals surface area contributed by atoms with Gasteiger partial charge >= 0.3 is 11.7 Å². The molecule has 2 aromatic carbocycles. The number of hydrogen-bond acceptors (Lipinski definition) is 8. The highest BCUT2D eigenvalue weighted by atomic mass is 16.6. The van der Waals surface area contributed by atoms with E-state index in [1.54, 1.807) is 18.2 Å². The Labute approximate surface area is 160 Å². The maximum Gasteiger partial charge on any atom is 0.338 e. The van der Waals surface area contributed by atoms with Gasteiger partial charge in [-0.25, -0.2) is 4.79 Å². The van der Waals surface area contributed by atoms with Gasteiger partial charge in [0.25, 0.3) is 5.91 Å². The van der Waals surface area contributed by atoms with Crippen LogP contribution in [0.1, 0.15) is 10.4 Å². The molecule has 0 atom stereocenters. The number of amides is 1. The zero-order chi connectivity index (χ0) is 20.7. The molecule has 0 saturated carbocycles. The molecule has 0 aliphatic carbocycles. The molecule has 0 saturated heterocycles. The fourth-order valence-corrected chi connectivity index (χ4v) is 2.25. The van der Waals surface area contributed by atoms with E-state index >= 15 is 0 Å². The minimum absolute atomic E-state index is 0.00580. The summed E-state index contributed by atoms with van der Waals surface area (Å²) < 4.78 is 20.0. The molecule has 0 spiro atoms. The molecule has 2 rings (SSSR count). The molecule has 0 heterocycles. The number of carbonyl (C=O) groups excluding carboxylic acids is 2. The largest absolute Gasteiger partial charge is 0.497 e. The van der Waals surface area contributed by atoms with Gasteiger partial charge in [-0.15, -0.1) is 0 Å². The third-order valence-electron chi connectivity index (χ3n) is 3.58. The second-order valence-corrected chi connectivity index (χ2v) is 5.37. The quantitative estimate of drug-likeness (QED) is 0.414. The summed E-state index contributed by atoms with van der Waals surface area (Å²) in [5.74, 6) is -0.545. The normalized spacial score (nSPS) is 9.96. The van der Waals surface area contributed by atoms with E-state index in [4.69, 9.17) is 18.9 Å². The molecule has 148 valence electrons. The lowest BCUT2D eigenvalue weighted by Gasteiger charge is -2.10. The summed E-state index contributed by atoms with van der Waals surface area (Å²) in [5, 5.41) is 13.6. The van der Waals surface area contributed by atoms with Crippen molar-refractivity contribution in [3.63, 3.8) is 0 Å². The molecule has 28 heavy (non-hydrogen) atoms. The first-order chi connectivity index (χ1) is 13.4. The molecule has 1 N–H and O–H groups in total. The third kappa shape index (κ3) is 5.10. The molecule has 10 nitrogen and oxygen atoms in total. The average molecular weight is 390 g/mol. The zero-order valence-corrected chi connectivity index (χ0v) is 15.4. The number of hydrogen-bond donors (Lipinski definition) is 1. The minimum atomic E-state index is -0.885. The van der Waals surface area contributed by atoms with Gasteiger partial charge in [0.15, 0.2) is 12.4 Å². The fraction of sp³-hybridized carbons (Fsp3) is 0.222. The molecule has 0 unspecified atom stereocenters. The Morgan fingerprint density at radius 3 is 2.18 bits per heavy atom. The van der Waals surface area contributed by atoms with Gasteiger partial charge in [-0.05, 0) is 12.1 Å². The number of nitrogens with one attached hydrogen (secondary N) is 1. The van der Waals surface area contributed by atoms with Crippen molar-refractivity contribution in [1.29, 1.82) is 0 Å². The van der Waals surface area contributed by atoms with E-state index in [1.165, 1.54) is 33.5 Å². The number of nitro benzene ring substituents is 1. The van der Waals surface area contributed by atoms with Crippen LogP contribution in [0.15, 0.2) is 36.4 Å². The highest BCUT2D eigenvalue weighted by Gasteiger charge is 2.19. The number of nitrogens with zero attached hydrogens (tertiary/aromatic N) is 1. The van der Waals surface area contributed by atoms with Gasteiger partial charge in [0.2, 0.25) is 0 Å². The number of esters is 1. The van der Waals surface area contributed by atoms with Crippen LogP contribution in [0.3, 0.4) is 0 Å². The van der Waals surface area contributed by atoms with Crippen molar-refractivity contribution in [2.45, 2.75) is 0 Å². The number of methoxy groups -OCH3 is 3. The van der Waals surface area contributed by atoms with Crippen LogP contribution in [0.5, 0.6) is 17.2 Å². The van der Waals surface area contributed by atoms with E-state index in [1.807, 2.05) is 0 Å². The van der Waals surface area contributed by atoms with E-state index in [0.717, 1.165) is 6.07 Å². The molecule has 2 aromatic rings. The Kier molecular flexibility index (Phi) is 6.74. The van der Waals surface area contributed by atoms with E-state index in [0.29, 0.717) is 17.2 Å². The first kappa shape index (κ1) is 20.5. The lowest BCUT2D eigenvalue weighted by molar-refractivity contribution is -0.385. The summed E-state index contributed by atoms with van der Waals surface area (Å²) in [5.41, 5.74) is -0.0782. The number of anilines is 1. The van der Waals surface area contributed by atoms with Gasteiger partial charge in [-0.1, -0.05) is 0 Å². The highest BCUT2D eigenvalue weighted by Crippen LogP contribution is 2.28. The van der Waals surface area contributed by atoms with Crippen LogP contribution in [-0.4, -0.2) is 44.7 Å². The average Bonchev–Trinajstić information content (AvgIpc) is 2.70. The van der Waals surface area contributed by atoms with Crippen molar-refractivity contribution in [2.75, 3.05) is 33.3 Å². The van der Waals surface area contributed by atoms with Gasteiger partial charge in [0.1, 0.15) is 11.5 Å². The third-order valence-corrected chi connectivity index (χ3v) is 3.58. The lowest BCUT2D eigenvalue weighted by Crippen LogP contribution is -2.21. The standard InChI is InChI=1S/C18H18N2O8/c1-25-13-7-12(8-14(9-13)26-2)19-17(21)10-28-18(22)11-4-5-16(27-3)15(6-11)20(23)24/h4-9H,10H2,1-3H3,(H,19,21). The number of benzene rings is 2. The summed E-state index contributed by atoms with van der Waals surface area (Å²) >= 11 is 0. The molecule has 0 radical (unpaired) electrons. The molecular weight excluding hydrogens is 372 g/mol. The Morgan fingerprint density at radius 2 is 1.64 bits per heavy atom. The zero-order valence-electron chi connectivity index (χ0n) is 15.4. The molecule has 0 fully saturated rings. The summed E-state index contributed by atoms with van der Waals surface area (Å²) in [6.07, 6.45) is 0. The monoisotopic (exact) mass is 390 g/mol. The highest BCUT2D eigenvalue weighted by molar-refractivity contribution is 5.96. The van der Waals surface area contributed by atoms with Crippen LogP contribution in [-0.2, 0) is 9.53 Å². The molecular formula is C18H18N2O8. The van der Waals surface area contributed by atoms with Gasteiger partial charge in [-0.2, -0.15) is 0 Å². The fourth-order valence-electron chi connectivity index (χ4n) is 2.25. The van der Waals surface area contributed by atoms with Crippen molar-refractivity contribution >= 4 is 23.3 Å². The number of rotatable bonds is 8. The topological polar surface area (TPSA) is 126 Å². The Balaban J connectivity index is 2.02. The van der Waals surface area contributed by atoms with Crippen LogP contribution in [0, 0.1) is 10.1 Å². The molecule has 0 aliphatic heterocycles. The van der Waals surface area contributed by atoms with Gasteiger partial charge < -0.3 is 24.3 Å². The Bertz CT molecular complexity index is 875. The molecule has 1 amide bonds. The van der Waals surface area contributed by atoms with Crippen LogP contribution in [0.4, 0.5) is 11.4 Å². The first-order valence-corrected chi connectivity index (χ1v) is 7.90.